The van der Waals surface area contributed by atoms with E-state index >= 15 is 0 Å². The lowest BCUT2D eigenvalue weighted by Gasteiger charge is -2.24. The van der Waals surface area contributed by atoms with Crippen molar-refractivity contribution < 1.29 is 9.47 Å². The Labute approximate surface area is 145 Å². The highest BCUT2D eigenvalue weighted by molar-refractivity contribution is 8.00. The molecule has 0 aromatic heterocycles. The first-order valence-corrected chi connectivity index (χ1v) is 9.94. The molecule has 0 aromatic rings. The van der Waals surface area contributed by atoms with Crippen LogP contribution in [-0.4, -0.2) is 63.0 Å². The number of hydrogen-bond donors (Lipinski definition) is 2. The van der Waals surface area contributed by atoms with E-state index in [1.54, 1.807) is 0 Å². The summed E-state index contributed by atoms with van der Waals surface area (Å²) < 4.78 is 11.5. The zero-order valence-corrected chi connectivity index (χ0v) is 15.6. The fourth-order valence-electron chi connectivity index (χ4n) is 3.01. The van der Waals surface area contributed by atoms with E-state index in [1.165, 1.54) is 18.6 Å². The second-order valence-corrected chi connectivity index (χ2v) is 8.42. The van der Waals surface area contributed by atoms with Crippen LogP contribution in [-0.2, 0) is 9.47 Å². The van der Waals surface area contributed by atoms with Crippen molar-refractivity contribution in [3.05, 3.63) is 0 Å². The van der Waals surface area contributed by atoms with E-state index in [0.29, 0.717) is 10.7 Å². The topological polar surface area (TPSA) is 54.9 Å². The minimum atomic E-state index is 0.366. The number of ether oxygens (including phenoxy) is 2. The first kappa shape index (κ1) is 18.9. The predicted molar refractivity (Wildman–Crippen MR) is 98.4 cm³/mol. The highest BCUT2D eigenvalue weighted by Crippen LogP contribution is 2.36. The highest BCUT2D eigenvalue weighted by Gasteiger charge is 2.29. The Hall–Kier alpha value is -0.460. The molecule has 0 saturated carbocycles. The lowest BCUT2D eigenvalue weighted by atomic mass is 10.0. The molecule has 2 saturated heterocycles. The maximum Gasteiger partial charge on any atom is 0.191 e. The van der Waals surface area contributed by atoms with Crippen LogP contribution in [0.1, 0.15) is 39.0 Å². The standard InChI is InChI=1S/C17H33N3O2S/c1-17(7-3-12-23-17)14-20-16(18-2)19-8-4-9-22-13-15-5-10-21-11-6-15/h15H,3-14H2,1-2H3,(H2,18,19,20). The molecule has 0 aromatic carbocycles. The van der Waals surface area contributed by atoms with E-state index in [0.717, 1.165) is 64.7 Å². The van der Waals surface area contributed by atoms with Crippen LogP contribution in [0.15, 0.2) is 4.99 Å². The summed E-state index contributed by atoms with van der Waals surface area (Å²) in [4.78, 5) is 4.30. The van der Waals surface area contributed by atoms with E-state index in [1.807, 2.05) is 7.05 Å². The molecule has 2 heterocycles. The smallest absolute Gasteiger partial charge is 0.191 e. The molecule has 2 aliphatic rings. The summed E-state index contributed by atoms with van der Waals surface area (Å²) in [5.74, 6) is 2.88. The van der Waals surface area contributed by atoms with Crippen molar-refractivity contribution in [1.29, 1.82) is 0 Å². The third-order valence-electron chi connectivity index (χ3n) is 4.61. The van der Waals surface area contributed by atoms with Gasteiger partial charge in [-0.15, -0.1) is 0 Å². The molecule has 0 aliphatic carbocycles. The second kappa shape index (κ2) is 10.4. The molecule has 5 nitrogen and oxygen atoms in total. The van der Waals surface area contributed by atoms with Crippen LogP contribution in [0, 0.1) is 5.92 Å². The summed E-state index contributed by atoms with van der Waals surface area (Å²) in [6, 6.07) is 0. The first-order valence-electron chi connectivity index (χ1n) is 8.96. The summed E-state index contributed by atoms with van der Waals surface area (Å²) in [6.07, 6.45) is 5.92. The van der Waals surface area contributed by atoms with E-state index in [9.17, 15) is 0 Å². The number of thioether (sulfide) groups is 1. The molecule has 2 aliphatic heterocycles. The Kier molecular flexibility index (Phi) is 8.55. The van der Waals surface area contributed by atoms with Crippen molar-refractivity contribution in [2.45, 2.75) is 43.8 Å². The maximum atomic E-state index is 5.79. The number of rotatable bonds is 8. The third-order valence-corrected chi connectivity index (χ3v) is 6.14. The number of hydrogen-bond acceptors (Lipinski definition) is 4. The van der Waals surface area contributed by atoms with Gasteiger partial charge in [0.1, 0.15) is 0 Å². The van der Waals surface area contributed by atoms with Gasteiger partial charge in [0, 0.05) is 51.3 Å². The summed E-state index contributed by atoms with van der Waals surface area (Å²) in [6.45, 7) is 7.72. The van der Waals surface area contributed by atoms with Crippen LogP contribution < -0.4 is 10.6 Å². The Morgan fingerprint density at radius 2 is 2.17 bits per heavy atom. The van der Waals surface area contributed by atoms with Crippen molar-refractivity contribution in [1.82, 2.24) is 10.6 Å². The van der Waals surface area contributed by atoms with Gasteiger partial charge < -0.3 is 20.1 Å². The van der Waals surface area contributed by atoms with Crippen LogP contribution in [0.3, 0.4) is 0 Å². The summed E-state index contributed by atoms with van der Waals surface area (Å²) in [7, 11) is 1.83. The number of nitrogens with one attached hydrogen (secondary N) is 2. The summed E-state index contributed by atoms with van der Waals surface area (Å²) in [5.41, 5.74) is 0. The van der Waals surface area contributed by atoms with Crippen molar-refractivity contribution in [2.24, 2.45) is 10.9 Å². The van der Waals surface area contributed by atoms with Crippen molar-refractivity contribution in [3.63, 3.8) is 0 Å². The molecule has 1 unspecified atom stereocenters. The minimum absolute atomic E-state index is 0.366. The molecular weight excluding hydrogens is 310 g/mol. The predicted octanol–water partition coefficient (Wildman–Crippen LogP) is 2.27. The van der Waals surface area contributed by atoms with Gasteiger partial charge in [0.15, 0.2) is 5.96 Å². The largest absolute Gasteiger partial charge is 0.381 e. The van der Waals surface area contributed by atoms with Gasteiger partial charge >= 0.3 is 0 Å². The monoisotopic (exact) mass is 343 g/mol. The van der Waals surface area contributed by atoms with Gasteiger partial charge in [-0.3, -0.25) is 4.99 Å². The fourth-order valence-corrected chi connectivity index (χ4v) is 4.26. The molecule has 2 rings (SSSR count). The van der Waals surface area contributed by atoms with Crippen LogP contribution in [0.25, 0.3) is 0 Å². The first-order chi connectivity index (χ1) is 11.2. The molecule has 2 N–H and O–H groups in total. The van der Waals surface area contributed by atoms with Gasteiger partial charge in [-0.05, 0) is 50.7 Å². The number of guanidine groups is 1. The second-order valence-electron chi connectivity index (χ2n) is 6.74. The summed E-state index contributed by atoms with van der Waals surface area (Å²) in [5, 5.41) is 6.84. The molecule has 134 valence electrons. The zero-order valence-electron chi connectivity index (χ0n) is 14.7. The molecule has 0 radical (unpaired) electrons. The van der Waals surface area contributed by atoms with Crippen molar-refractivity contribution in [3.8, 4) is 0 Å². The van der Waals surface area contributed by atoms with E-state index in [2.05, 4.69) is 34.3 Å². The van der Waals surface area contributed by atoms with Crippen molar-refractivity contribution >= 4 is 17.7 Å². The molecular formula is C17H33N3O2S. The molecule has 0 bridgehead atoms. The third kappa shape index (κ3) is 7.31. The average Bonchev–Trinajstić information content (AvgIpc) is 3.01. The Morgan fingerprint density at radius 3 is 2.87 bits per heavy atom. The number of aliphatic imine (C=N–C) groups is 1. The fraction of sp³-hybridized carbons (Fsp3) is 0.941. The van der Waals surface area contributed by atoms with Crippen LogP contribution in [0.5, 0.6) is 0 Å². The zero-order chi connectivity index (χ0) is 16.4. The van der Waals surface area contributed by atoms with Crippen LogP contribution in [0.2, 0.25) is 0 Å². The van der Waals surface area contributed by atoms with Gasteiger partial charge in [-0.2, -0.15) is 11.8 Å². The summed E-state index contributed by atoms with van der Waals surface area (Å²) >= 11 is 2.07. The average molecular weight is 344 g/mol. The SMILES string of the molecule is CN=C(NCCCOCC1CCOCC1)NCC1(C)CCCS1. The molecule has 2 fully saturated rings. The van der Waals surface area contributed by atoms with E-state index in [4.69, 9.17) is 9.47 Å². The number of nitrogens with zero attached hydrogens (tertiary/aromatic N) is 1. The molecule has 0 amide bonds. The van der Waals surface area contributed by atoms with Crippen LogP contribution >= 0.6 is 11.8 Å². The molecule has 6 heteroatoms. The van der Waals surface area contributed by atoms with Gasteiger partial charge in [-0.1, -0.05) is 0 Å². The Bertz CT molecular complexity index is 354. The Morgan fingerprint density at radius 1 is 1.35 bits per heavy atom. The molecule has 1 atom stereocenters. The lowest BCUT2D eigenvalue weighted by Crippen LogP contribution is -2.44. The Balaban J connectivity index is 1.48. The molecule has 23 heavy (non-hydrogen) atoms. The highest BCUT2D eigenvalue weighted by atomic mass is 32.2. The van der Waals surface area contributed by atoms with Crippen LogP contribution in [0.4, 0.5) is 0 Å². The molecule has 0 spiro atoms. The van der Waals surface area contributed by atoms with Gasteiger partial charge in [0.25, 0.3) is 0 Å². The maximum absolute atomic E-state index is 5.79. The van der Waals surface area contributed by atoms with Gasteiger partial charge in [-0.25, -0.2) is 0 Å². The van der Waals surface area contributed by atoms with Gasteiger partial charge in [0.05, 0.1) is 0 Å². The van der Waals surface area contributed by atoms with Crippen molar-refractivity contribution in [2.75, 3.05) is 52.3 Å². The van der Waals surface area contributed by atoms with Gasteiger partial charge in [0.2, 0.25) is 0 Å². The minimum Gasteiger partial charge on any atom is -0.381 e. The lowest BCUT2D eigenvalue weighted by molar-refractivity contribution is 0.0203. The normalized spacial score (nSPS) is 26.4. The van der Waals surface area contributed by atoms with E-state index in [-0.39, 0.29) is 0 Å². The quantitative estimate of drug-likeness (QED) is 0.402. The van der Waals surface area contributed by atoms with E-state index < -0.39 is 0 Å².